The Morgan fingerprint density at radius 2 is 2.35 bits per heavy atom. The zero-order valence-electron chi connectivity index (χ0n) is 11.5. The standard InChI is InChI=1S/C13H21N3OS.2ClH/c17-13(4-3-12-9-18-10-16-12)15-7-5-11-2-1-6-14-8-11;;/h9-11,14H,1-8H2,(H,15,17);2*1H. The van der Waals surface area contributed by atoms with E-state index in [4.69, 9.17) is 0 Å². The molecular weight excluding hydrogens is 317 g/mol. The highest BCUT2D eigenvalue weighted by Gasteiger charge is 2.12. The van der Waals surface area contributed by atoms with Crippen LogP contribution in [0.15, 0.2) is 10.9 Å². The van der Waals surface area contributed by atoms with E-state index < -0.39 is 0 Å². The van der Waals surface area contributed by atoms with Gasteiger partial charge >= 0.3 is 0 Å². The summed E-state index contributed by atoms with van der Waals surface area (Å²) in [5, 5.41) is 8.40. The molecule has 2 rings (SSSR count). The Hall–Kier alpha value is -0.360. The lowest BCUT2D eigenvalue weighted by molar-refractivity contribution is -0.121. The van der Waals surface area contributed by atoms with Crippen molar-refractivity contribution in [3.05, 3.63) is 16.6 Å². The maximum atomic E-state index is 11.6. The van der Waals surface area contributed by atoms with Gasteiger partial charge in [0.15, 0.2) is 0 Å². The van der Waals surface area contributed by atoms with Crippen molar-refractivity contribution >= 4 is 42.1 Å². The van der Waals surface area contributed by atoms with Gasteiger partial charge in [-0.2, -0.15) is 0 Å². The maximum Gasteiger partial charge on any atom is 0.220 e. The van der Waals surface area contributed by atoms with Crippen LogP contribution in [-0.4, -0.2) is 30.5 Å². The highest BCUT2D eigenvalue weighted by atomic mass is 35.5. The lowest BCUT2D eigenvalue weighted by atomic mass is 9.96. The third-order valence-corrected chi connectivity index (χ3v) is 4.00. The normalized spacial score (nSPS) is 17.7. The summed E-state index contributed by atoms with van der Waals surface area (Å²) in [6.45, 7) is 3.06. The first kappa shape index (κ1) is 19.6. The van der Waals surface area contributed by atoms with Crippen LogP contribution in [0.4, 0.5) is 0 Å². The minimum absolute atomic E-state index is 0. The van der Waals surface area contributed by atoms with Crippen LogP contribution in [0.25, 0.3) is 0 Å². The van der Waals surface area contributed by atoms with Gasteiger partial charge in [-0.25, -0.2) is 4.98 Å². The quantitative estimate of drug-likeness (QED) is 0.836. The number of hydrogen-bond acceptors (Lipinski definition) is 4. The number of aromatic nitrogens is 1. The molecule has 1 aliphatic rings. The smallest absolute Gasteiger partial charge is 0.220 e. The molecule has 116 valence electrons. The second-order valence-corrected chi connectivity index (χ2v) is 5.55. The predicted octanol–water partition coefficient (Wildman–Crippen LogP) is 2.43. The Kier molecular flexibility index (Phi) is 11.1. The summed E-state index contributed by atoms with van der Waals surface area (Å²) >= 11 is 1.58. The van der Waals surface area contributed by atoms with E-state index in [2.05, 4.69) is 15.6 Å². The van der Waals surface area contributed by atoms with E-state index in [1.54, 1.807) is 11.3 Å². The molecule has 1 fully saturated rings. The summed E-state index contributed by atoms with van der Waals surface area (Å²) < 4.78 is 0. The number of nitrogens with zero attached hydrogens (tertiary/aromatic N) is 1. The maximum absolute atomic E-state index is 11.6. The molecule has 0 aromatic carbocycles. The summed E-state index contributed by atoms with van der Waals surface area (Å²) in [5.41, 5.74) is 2.83. The number of thiazole rings is 1. The Morgan fingerprint density at radius 1 is 1.50 bits per heavy atom. The molecule has 4 nitrogen and oxygen atoms in total. The van der Waals surface area contributed by atoms with Gasteiger partial charge in [-0.15, -0.1) is 36.2 Å². The van der Waals surface area contributed by atoms with Crippen LogP contribution in [-0.2, 0) is 11.2 Å². The fourth-order valence-corrected chi connectivity index (χ4v) is 2.87. The fraction of sp³-hybridized carbons (Fsp3) is 0.692. The van der Waals surface area contributed by atoms with Crippen LogP contribution < -0.4 is 10.6 Å². The number of carbonyl (C=O) groups is 1. The van der Waals surface area contributed by atoms with Crippen molar-refractivity contribution in [1.82, 2.24) is 15.6 Å². The predicted molar refractivity (Wildman–Crippen MR) is 88.2 cm³/mol. The van der Waals surface area contributed by atoms with Crippen molar-refractivity contribution in [2.75, 3.05) is 19.6 Å². The lowest BCUT2D eigenvalue weighted by Gasteiger charge is -2.22. The molecule has 0 saturated carbocycles. The third-order valence-electron chi connectivity index (χ3n) is 3.37. The number of aryl methyl sites for hydroxylation is 1. The monoisotopic (exact) mass is 339 g/mol. The highest BCUT2D eigenvalue weighted by molar-refractivity contribution is 7.07. The largest absolute Gasteiger partial charge is 0.356 e. The molecule has 0 spiro atoms. The van der Waals surface area contributed by atoms with E-state index >= 15 is 0 Å². The van der Waals surface area contributed by atoms with Crippen molar-refractivity contribution < 1.29 is 4.79 Å². The molecule has 0 aliphatic carbocycles. The van der Waals surface area contributed by atoms with Gasteiger partial charge in [0.25, 0.3) is 0 Å². The van der Waals surface area contributed by atoms with E-state index in [0.29, 0.717) is 6.42 Å². The van der Waals surface area contributed by atoms with Crippen LogP contribution in [0.3, 0.4) is 0 Å². The molecule has 1 aromatic heterocycles. The van der Waals surface area contributed by atoms with Gasteiger partial charge in [0.05, 0.1) is 11.2 Å². The average molecular weight is 340 g/mol. The van der Waals surface area contributed by atoms with Crippen molar-refractivity contribution in [3.8, 4) is 0 Å². The molecule has 2 N–H and O–H groups in total. The number of nitrogens with one attached hydrogen (secondary N) is 2. The molecule has 1 atom stereocenters. The fourth-order valence-electron chi connectivity index (χ4n) is 2.28. The molecule has 7 heteroatoms. The summed E-state index contributed by atoms with van der Waals surface area (Å²) in [6.07, 6.45) is 4.95. The van der Waals surface area contributed by atoms with Crippen LogP contribution in [0.5, 0.6) is 0 Å². The van der Waals surface area contributed by atoms with Gasteiger partial charge in [0, 0.05) is 18.3 Å². The van der Waals surface area contributed by atoms with E-state index in [9.17, 15) is 4.79 Å². The Morgan fingerprint density at radius 3 is 3.00 bits per heavy atom. The molecule has 20 heavy (non-hydrogen) atoms. The van der Waals surface area contributed by atoms with Gasteiger partial charge in [0.1, 0.15) is 0 Å². The number of hydrogen-bond donors (Lipinski definition) is 2. The van der Waals surface area contributed by atoms with E-state index in [-0.39, 0.29) is 30.7 Å². The minimum Gasteiger partial charge on any atom is -0.356 e. The van der Waals surface area contributed by atoms with E-state index in [1.165, 1.54) is 12.8 Å². The summed E-state index contributed by atoms with van der Waals surface area (Å²) in [7, 11) is 0. The van der Waals surface area contributed by atoms with Crippen LogP contribution in [0.2, 0.25) is 0 Å². The Balaban J connectivity index is 0.00000180. The van der Waals surface area contributed by atoms with Crippen molar-refractivity contribution in [2.45, 2.75) is 32.1 Å². The molecular formula is C13H23Cl2N3OS. The average Bonchev–Trinajstić information content (AvgIpc) is 2.91. The molecule has 2 heterocycles. The number of amides is 1. The Bertz CT molecular complexity index is 357. The first-order valence-electron chi connectivity index (χ1n) is 6.69. The number of piperidine rings is 1. The molecule has 1 amide bonds. The van der Waals surface area contributed by atoms with Gasteiger partial charge in [-0.05, 0) is 44.7 Å². The van der Waals surface area contributed by atoms with Crippen molar-refractivity contribution in [3.63, 3.8) is 0 Å². The zero-order chi connectivity index (χ0) is 12.6. The Labute approximate surface area is 137 Å². The molecule has 0 bridgehead atoms. The third kappa shape index (κ3) is 7.43. The summed E-state index contributed by atoms with van der Waals surface area (Å²) in [6, 6.07) is 0. The van der Waals surface area contributed by atoms with Gasteiger partial charge in [0.2, 0.25) is 5.91 Å². The second kappa shape index (κ2) is 11.3. The first-order valence-corrected chi connectivity index (χ1v) is 7.63. The van der Waals surface area contributed by atoms with E-state index in [0.717, 1.165) is 44.1 Å². The molecule has 1 aromatic rings. The van der Waals surface area contributed by atoms with Crippen LogP contribution >= 0.6 is 36.2 Å². The van der Waals surface area contributed by atoms with Gasteiger partial charge < -0.3 is 10.6 Å². The number of carbonyl (C=O) groups excluding carboxylic acids is 1. The topological polar surface area (TPSA) is 54.0 Å². The SMILES string of the molecule is Cl.Cl.O=C(CCc1cscn1)NCCC1CCCNC1. The zero-order valence-corrected chi connectivity index (χ0v) is 13.9. The number of halogens is 2. The summed E-state index contributed by atoms with van der Waals surface area (Å²) in [4.78, 5) is 15.8. The van der Waals surface area contributed by atoms with Crippen LogP contribution in [0, 0.1) is 5.92 Å². The second-order valence-electron chi connectivity index (χ2n) is 4.83. The van der Waals surface area contributed by atoms with Crippen LogP contribution in [0.1, 0.15) is 31.4 Å². The van der Waals surface area contributed by atoms with Gasteiger partial charge in [-0.1, -0.05) is 0 Å². The highest BCUT2D eigenvalue weighted by Crippen LogP contribution is 2.12. The van der Waals surface area contributed by atoms with Gasteiger partial charge in [-0.3, -0.25) is 4.79 Å². The van der Waals surface area contributed by atoms with E-state index in [1.807, 2.05) is 10.9 Å². The van der Waals surface area contributed by atoms with Crippen molar-refractivity contribution in [2.24, 2.45) is 5.92 Å². The molecule has 1 unspecified atom stereocenters. The number of rotatable bonds is 6. The minimum atomic E-state index is 0. The molecule has 1 aliphatic heterocycles. The molecule has 1 saturated heterocycles. The summed E-state index contributed by atoms with van der Waals surface area (Å²) in [5.74, 6) is 0.879. The molecule has 0 radical (unpaired) electrons. The van der Waals surface area contributed by atoms with Crippen molar-refractivity contribution in [1.29, 1.82) is 0 Å². The first-order chi connectivity index (χ1) is 8.84. The lowest BCUT2D eigenvalue weighted by Crippen LogP contribution is -2.33.